The Morgan fingerprint density at radius 2 is 1.96 bits per heavy atom. The number of amides is 1. The average molecular weight is 365 g/mol. The molecule has 0 saturated heterocycles. The standard InChI is InChI=1S/C19H16FN5O2/c1-27-22-18-16-9-14(20)7-8-17(16)25(19(18)26)12-15-11-24(23-21-15)10-13-5-3-2-4-6-13/h2-9,11H,10,12H2,1H3. The Labute approximate surface area is 154 Å². The maximum Gasteiger partial charge on any atom is 0.281 e. The summed E-state index contributed by atoms with van der Waals surface area (Å²) in [5, 5.41) is 12.0. The maximum absolute atomic E-state index is 13.6. The predicted octanol–water partition coefficient (Wildman–Crippen LogP) is 2.36. The second-order valence-electron chi connectivity index (χ2n) is 6.07. The summed E-state index contributed by atoms with van der Waals surface area (Å²) < 4.78 is 15.3. The van der Waals surface area contributed by atoms with Gasteiger partial charge in [0.2, 0.25) is 0 Å². The number of oxime groups is 1. The molecule has 2 aromatic carbocycles. The number of anilines is 1. The minimum absolute atomic E-state index is 0.0728. The lowest BCUT2D eigenvalue weighted by Gasteiger charge is -2.14. The smallest absolute Gasteiger partial charge is 0.281 e. The second-order valence-corrected chi connectivity index (χ2v) is 6.07. The van der Waals surface area contributed by atoms with Gasteiger partial charge in [0.05, 0.1) is 25.0 Å². The zero-order valence-electron chi connectivity index (χ0n) is 14.5. The molecule has 0 radical (unpaired) electrons. The Kier molecular flexibility index (Phi) is 4.37. The third-order valence-electron chi connectivity index (χ3n) is 4.23. The van der Waals surface area contributed by atoms with Gasteiger partial charge in [0.25, 0.3) is 5.91 Å². The summed E-state index contributed by atoms with van der Waals surface area (Å²) in [6, 6.07) is 14.0. The molecule has 7 nitrogen and oxygen atoms in total. The molecule has 1 aromatic heterocycles. The van der Waals surface area contributed by atoms with E-state index in [0.717, 1.165) is 5.56 Å². The maximum atomic E-state index is 13.6. The summed E-state index contributed by atoms with van der Waals surface area (Å²) in [5.74, 6) is -0.809. The largest absolute Gasteiger partial charge is 0.398 e. The van der Waals surface area contributed by atoms with Crippen LogP contribution in [0, 0.1) is 5.82 Å². The summed E-state index contributed by atoms with van der Waals surface area (Å²) in [6.07, 6.45) is 1.79. The number of benzene rings is 2. The third kappa shape index (κ3) is 3.29. The van der Waals surface area contributed by atoms with Crippen LogP contribution < -0.4 is 4.90 Å². The van der Waals surface area contributed by atoms with E-state index >= 15 is 0 Å². The summed E-state index contributed by atoms with van der Waals surface area (Å²) in [4.78, 5) is 18.9. The first-order valence-electron chi connectivity index (χ1n) is 8.31. The lowest BCUT2D eigenvalue weighted by molar-refractivity contribution is -0.112. The van der Waals surface area contributed by atoms with Crippen molar-refractivity contribution in [3.05, 3.63) is 77.4 Å². The van der Waals surface area contributed by atoms with Crippen LogP contribution in [0.5, 0.6) is 0 Å². The Morgan fingerprint density at radius 1 is 1.15 bits per heavy atom. The Hall–Kier alpha value is -3.55. The molecule has 0 atom stereocenters. The van der Waals surface area contributed by atoms with Gasteiger partial charge in [-0.05, 0) is 23.8 Å². The average Bonchev–Trinajstić information content (AvgIpc) is 3.21. The van der Waals surface area contributed by atoms with E-state index in [1.807, 2.05) is 30.3 Å². The highest BCUT2D eigenvalue weighted by Gasteiger charge is 2.35. The first-order valence-corrected chi connectivity index (χ1v) is 8.31. The van der Waals surface area contributed by atoms with E-state index in [2.05, 4.69) is 15.5 Å². The van der Waals surface area contributed by atoms with Gasteiger partial charge in [-0.2, -0.15) is 0 Å². The first kappa shape index (κ1) is 16.9. The highest BCUT2D eigenvalue weighted by atomic mass is 19.1. The van der Waals surface area contributed by atoms with Crippen molar-refractivity contribution in [1.29, 1.82) is 0 Å². The fourth-order valence-electron chi connectivity index (χ4n) is 3.04. The van der Waals surface area contributed by atoms with Crippen molar-refractivity contribution in [3.63, 3.8) is 0 Å². The van der Waals surface area contributed by atoms with Crippen molar-refractivity contribution in [2.45, 2.75) is 13.1 Å². The van der Waals surface area contributed by atoms with Crippen LogP contribution in [-0.2, 0) is 22.7 Å². The van der Waals surface area contributed by atoms with Crippen LogP contribution in [0.25, 0.3) is 0 Å². The van der Waals surface area contributed by atoms with Crippen LogP contribution in [0.2, 0.25) is 0 Å². The van der Waals surface area contributed by atoms with E-state index < -0.39 is 5.82 Å². The van der Waals surface area contributed by atoms with Crippen LogP contribution in [0.3, 0.4) is 0 Å². The molecule has 0 aliphatic carbocycles. The predicted molar refractivity (Wildman–Crippen MR) is 96.7 cm³/mol. The molecule has 1 amide bonds. The van der Waals surface area contributed by atoms with Crippen LogP contribution >= 0.6 is 0 Å². The monoisotopic (exact) mass is 365 g/mol. The quantitative estimate of drug-likeness (QED) is 0.651. The van der Waals surface area contributed by atoms with Gasteiger partial charge in [0, 0.05) is 5.56 Å². The van der Waals surface area contributed by atoms with Gasteiger partial charge in [-0.25, -0.2) is 9.07 Å². The van der Waals surface area contributed by atoms with Crippen molar-refractivity contribution >= 4 is 17.3 Å². The molecule has 3 aromatic rings. The van der Waals surface area contributed by atoms with Crippen molar-refractivity contribution in [2.75, 3.05) is 12.0 Å². The minimum Gasteiger partial charge on any atom is -0.398 e. The van der Waals surface area contributed by atoms with Gasteiger partial charge in [0.1, 0.15) is 18.6 Å². The van der Waals surface area contributed by atoms with Crippen molar-refractivity contribution in [2.24, 2.45) is 5.16 Å². The van der Waals surface area contributed by atoms with E-state index in [-0.39, 0.29) is 18.2 Å². The number of fused-ring (bicyclic) bond motifs is 1. The molecule has 136 valence electrons. The van der Waals surface area contributed by atoms with Gasteiger partial charge < -0.3 is 9.74 Å². The number of halogens is 1. The molecular weight excluding hydrogens is 349 g/mol. The number of nitrogens with zero attached hydrogens (tertiary/aromatic N) is 5. The normalized spacial score (nSPS) is 14.7. The highest BCUT2D eigenvalue weighted by Crippen LogP contribution is 2.31. The molecule has 0 N–H and O–H groups in total. The van der Waals surface area contributed by atoms with Gasteiger partial charge in [-0.15, -0.1) is 5.10 Å². The third-order valence-corrected chi connectivity index (χ3v) is 4.23. The van der Waals surface area contributed by atoms with Crippen LogP contribution in [0.1, 0.15) is 16.8 Å². The number of hydrogen-bond acceptors (Lipinski definition) is 5. The van der Waals surface area contributed by atoms with Gasteiger partial charge in [-0.3, -0.25) is 4.79 Å². The highest BCUT2D eigenvalue weighted by molar-refractivity contribution is 6.54. The lowest BCUT2D eigenvalue weighted by Crippen LogP contribution is -2.29. The Morgan fingerprint density at radius 3 is 2.74 bits per heavy atom. The summed E-state index contributed by atoms with van der Waals surface area (Å²) in [6.45, 7) is 0.787. The Bertz CT molecular complexity index is 1020. The topological polar surface area (TPSA) is 72.6 Å². The summed E-state index contributed by atoms with van der Waals surface area (Å²) >= 11 is 0. The number of carbonyl (C=O) groups is 1. The number of aromatic nitrogens is 3. The summed E-state index contributed by atoms with van der Waals surface area (Å²) in [7, 11) is 1.34. The molecule has 4 rings (SSSR count). The molecule has 0 fully saturated rings. The zero-order valence-corrected chi connectivity index (χ0v) is 14.5. The van der Waals surface area contributed by atoms with Gasteiger partial charge >= 0.3 is 0 Å². The van der Waals surface area contributed by atoms with Crippen molar-refractivity contribution in [3.8, 4) is 0 Å². The second kappa shape index (κ2) is 6.99. The fraction of sp³-hybridized carbons (Fsp3) is 0.158. The number of rotatable bonds is 5. The summed E-state index contributed by atoms with van der Waals surface area (Å²) in [5.41, 5.74) is 2.76. The van der Waals surface area contributed by atoms with Crippen LogP contribution in [0.4, 0.5) is 10.1 Å². The van der Waals surface area contributed by atoms with Crippen molar-refractivity contribution in [1.82, 2.24) is 15.0 Å². The van der Waals surface area contributed by atoms with Crippen LogP contribution in [0.15, 0.2) is 59.9 Å². The lowest BCUT2D eigenvalue weighted by atomic mass is 10.1. The molecule has 0 saturated carbocycles. The van der Waals surface area contributed by atoms with Gasteiger partial charge in [-0.1, -0.05) is 40.7 Å². The molecular formula is C19H16FN5O2. The van der Waals surface area contributed by atoms with Gasteiger partial charge in [0.15, 0.2) is 5.71 Å². The van der Waals surface area contributed by atoms with E-state index in [0.29, 0.717) is 23.5 Å². The molecule has 0 unspecified atom stereocenters. The minimum atomic E-state index is -0.444. The number of hydrogen-bond donors (Lipinski definition) is 0. The van der Waals surface area contributed by atoms with E-state index in [1.54, 1.807) is 16.9 Å². The van der Waals surface area contributed by atoms with Crippen molar-refractivity contribution < 1.29 is 14.0 Å². The van der Waals surface area contributed by atoms with E-state index in [4.69, 9.17) is 4.84 Å². The first-order chi connectivity index (χ1) is 13.2. The molecule has 2 heterocycles. The van der Waals surface area contributed by atoms with E-state index in [1.165, 1.54) is 24.1 Å². The number of carbonyl (C=O) groups excluding carboxylic acids is 1. The van der Waals surface area contributed by atoms with Crippen LogP contribution in [-0.4, -0.2) is 33.7 Å². The SMILES string of the molecule is CON=C1C(=O)N(Cc2cn(Cc3ccccc3)nn2)c2ccc(F)cc21. The molecule has 27 heavy (non-hydrogen) atoms. The van der Waals surface area contributed by atoms with E-state index in [9.17, 15) is 9.18 Å². The fourth-order valence-corrected chi connectivity index (χ4v) is 3.04. The zero-order chi connectivity index (χ0) is 18.8. The molecule has 8 heteroatoms. The molecule has 1 aliphatic rings. The molecule has 0 bridgehead atoms. The molecule has 1 aliphatic heterocycles. The Balaban J connectivity index is 1.58. The molecule has 0 spiro atoms.